The summed E-state index contributed by atoms with van der Waals surface area (Å²) < 4.78 is 4.54. The number of aliphatic hydroxyl groups is 4. The van der Waals surface area contributed by atoms with Crippen LogP contribution in [0.2, 0.25) is 0 Å². The predicted octanol–water partition coefficient (Wildman–Crippen LogP) is -1.82. The van der Waals surface area contributed by atoms with Gasteiger partial charge in [0.15, 0.2) is 0 Å². The lowest BCUT2D eigenvalue weighted by molar-refractivity contribution is -0.148. The van der Waals surface area contributed by atoms with Crippen molar-refractivity contribution in [3.63, 3.8) is 0 Å². The average Bonchev–Trinajstić information content (AvgIpc) is 2.22. The van der Waals surface area contributed by atoms with Crippen molar-refractivity contribution < 1.29 is 30.0 Å². The van der Waals surface area contributed by atoms with Crippen LogP contribution in [-0.4, -0.2) is 57.9 Å². The number of rotatable bonds is 6. The highest BCUT2D eigenvalue weighted by Gasteiger charge is 2.25. The van der Waals surface area contributed by atoms with E-state index in [0.29, 0.717) is 0 Å². The number of carbonyl (C=O) groups excluding carboxylic acids is 1. The highest BCUT2D eigenvalue weighted by atomic mass is 16.5. The molecule has 3 atom stereocenters. The average molecular weight is 220 g/mol. The van der Waals surface area contributed by atoms with Gasteiger partial charge < -0.3 is 25.2 Å². The first kappa shape index (κ1) is 14.1. The number of ether oxygens (including phenoxy) is 1. The molecule has 4 N–H and O–H groups in total. The van der Waals surface area contributed by atoms with E-state index in [1.54, 1.807) is 0 Å². The normalized spacial score (nSPS) is 16.6. The molecular weight excluding hydrogens is 204 g/mol. The van der Waals surface area contributed by atoms with Gasteiger partial charge in [0.25, 0.3) is 0 Å². The molecule has 0 saturated carbocycles. The van der Waals surface area contributed by atoms with Gasteiger partial charge in [-0.25, -0.2) is 4.79 Å². The summed E-state index contributed by atoms with van der Waals surface area (Å²) >= 11 is 0. The summed E-state index contributed by atoms with van der Waals surface area (Å²) in [5.74, 6) is -0.695. The maximum atomic E-state index is 10.9. The Kier molecular flexibility index (Phi) is 6.11. The van der Waals surface area contributed by atoms with Crippen LogP contribution in [-0.2, 0) is 9.53 Å². The molecule has 0 amide bonds. The van der Waals surface area contributed by atoms with Gasteiger partial charge in [-0.2, -0.15) is 0 Å². The Morgan fingerprint density at radius 3 is 2.27 bits per heavy atom. The van der Waals surface area contributed by atoms with E-state index >= 15 is 0 Å². The van der Waals surface area contributed by atoms with Gasteiger partial charge in [0, 0.05) is 5.57 Å². The second kappa shape index (κ2) is 6.52. The summed E-state index contributed by atoms with van der Waals surface area (Å²) in [7, 11) is 0. The van der Waals surface area contributed by atoms with Crippen molar-refractivity contribution in [2.24, 2.45) is 0 Å². The van der Waals surface area contributed by atoms with Crippen molar-refractivity contribution in [1.29, 1.82) is 0 Å². The fraction of sp³-hybridized carbons (Fsp3) is 0.667. The van der Waals surface area contributed by atoms with Gasteiger partial charge in [-0.3, -0.25) is 0 Å². The maximum Gasteiger partial charge on any atom is 0.333 e. The molecule has 0 heterocycles. The minimum atomic E-state index is -1.56. The van der Waals surface area contributed by atoms with Crippen LogP contribution in [0.3, 0.4) is 0 Å². The highest BCUT2D eigenvalue weighted by Crippen LogP contribution is 2.02. The number of esters is 1. The maximum absolute atomic E-state index is 10.9. The molecule has 0 aromatic rings. The van der Waals surface area contributed by atoms with Crippen molar-refractivity contribution in [3.8, 4) is 0 Å². The van der Waals surface area contributed by atoms with Crippen molar-refractivity contribution in [1.82, 2.24) is 0 Å². The fourth-order valence-corrected chi connectivity index (χ4v) is 0.747. The van der Waals surface area contributed by atoms with Crippen molar-refractivity contribution in [3.05, 3.63) is 12.2 Å². The molecule has 0 radical (unpaired) electrons. The molecule has 0 bridgehead atoms. The summed E-state index contributed by atoms with van der Waals surface area (Å²) in [5.41, 5.74) is 0.166. The quantitative estimate of drug-likeness (QED) is 0.310. The lowest BCUT2D eigenvalue weighted by atomic mass is 10.1. The summed E-state index contributed by atoms with van der Waals surface area (Å²) in [6.07, 6.45) is -4.48. The summed E-state index contributed by atoms with van der Waals surface area (Å²) in [6.45, 7) is 3.60. The topological polar surface area (TPSA) is 107 Å². The molecule has 0 saturated heterocycles. The van der Waals surface area contributed by atoms with Gasteiger partial charge in [-0.1, -0.05) is 6.58 Å². The van der Waals surface area contributed by atoms with E-state index in [-0.39, 0.29) is 5.57 Å². The SMILES string of the molecule is C=C(C)C(=O)OCC(O)C(O)C(O)CO. The fourth-order valence-electron chi connectivity index (χ4n) is 0.747. The van der Waals surface area contributed by atoms with E-state index in [9.17, 15) is 9.90 Å². The smallest absolute Gasteiger partial charge is 0.333 e. The number of carbonyl (C=O) groups is 1. The van der Waals surface area contributed by atoms with E-state index < -0.39 is 37.5 Å². The molecule has 15 heavy (non-hydrogen) atoms. The van der Waals surface area contributed by atoms with E-state index in [1.807, 2.05) is 0 Å². The Balaban J connectivity index is 3.98. The number of hydrogen-bond donors (Lipinski definition) is 4. The first-order chi connectivity index (χ1) is 6.90. The van der Waals surface area contributed by atoms with E-state index in [4.69, 9.17) is 15.3 Å². The standard InChI is InChI=1S/C9H16O6/c1-5(2)9(14)15-4-7(12)8(13)6(11)3-10/h6-8,10-13H,1,3-4H2,2H3. The second-order valence-electron chi connectivity index (χ2n) is 3.19. The zero-order valence-electron chi connectivity index (χ0n) is 8.46. The Hall–Kier alpha value is -0.950. The molecular formula is C9H16O6. The van der Waals surface area contributed by atoms with Gasteiger partial charge in [0.1, 0.15) is 24.9 Å². The zero-order chi connectivity index (χ0) is 12.0. The molecule has 0 aromatic heterocycles. The minimum Gasteiger partial charge on any atom is -0.459 e. The van der Waals surface area contributed by atoms with Crippen LogP contribution >= 0.6 is 0 Å². The third kappa shape index (κ3) is 4.89. The van der Waals surface area contributed by atoms with Crippen LogP contribution in [0.4, 0.5) is 0 Å². The Morgan fingerprint density at radius 2 is 1.87 bits per heavy atom. The largest absolute Gasteiger partial charge is 0.459 e. The molecule has 6 nitrogen and oxygen atoms in total. The van der Waals surface area contributed by atoms with Crippen LogP contribution in [0.15, 0.2) is 12.2 Å². The predicted molar refractivity (Wildman–Crippen MR) is 50.9 cm³/mol. The monoisotopic (exact) mass is 220 g/mol. The van der Waals surface area contributed by atoms with E-state index in [2.05, 4.69) is 11.3 Å². The summed E-state index contributed by atoms with van der Waals surface area (Å²) in [4.78, 5) is 10.9. The Morgan fingerprint density at radius 1 is 1.33 bits per heavy atom. The molecule has 0 aromatic carbocycles. The minimum absolute atomic E-state index is 0.166. The molecule has 0 aliphatic carbocycles. The van der Waals surface area contributed by atoms with Gasteiger partial charge in [0.2, 0.25) is 0 Å². The molecule has 0 aliphatic rings. The lowest BCUT2D eigenvalue weighted by Gasteiger charge is -2.21. The Labute approximate surface area is 87.4 Å². The summed E-state index contributed by atoms with van der Waals surface area (Å²) in [5, 5.41) is 35.8. The lowest BCUT2D eigenvalue weighted by Crippen LogP contribution is -2.42. The molecule has 3 unspecified atom stereocenters. The van der Waals surface area contributed by atoms with Crippen LogP contribution in [0.1, 0.15) is 6.92 Å². The third-order valence-electron chi connectivity index (χ3n) is 1.71. The molecule has 6 heteroatoms. The van der Waals surface area contributed by atoms with Crippen molar-refractivity contribution >= 4 is 5.97 Å². The van der Waals surface area contributed by atoms with Gasteiger partial charge in [-0.15, -0.1) is 0 Å². The molecule has 0 aliphatic heterocycles. The molecule has 0 spiro atoms. The van der Waals surface area contributed by atoms with Crippen LogP contribution in [0.25, 0.3) is 0 Å². The van der Waals surface area contributed by atoms with Gasteiger partial charge in [-0.05, 0) is 6.92 Å². The number of hydrogen-bond acceptors (Lipinski definition) is 6. The zero-order valence-corrected chi connectivity index (χ0v) is 8.46. The van der Waals surface area contributed by atoms with Gasteiger partial charge >= 0.3 is 5.97 Å². The Bertz CT molecular complexity index is 227. The van der Waals surface area contributed by atoms with Crippen LogP contribution in [0.5, 0.6) is 0 Å². The summed E-state index contributed by atoms with van der Waals surface area (Å²) in [6, 6.07) is 0. The van der Waals surface area contributed by atoms with E-state index in [1.165, 1.54) is 6.92 Å². The van der Waals surface area contributed by atoms with Crippen molar-refractivity contribution in [2.75, 3.05) is 13.2 Å². The first-order valence-electron chi connectivity index (χ1n) is 4.37. The van der Waals surface area contributed by atoms with E-state index in [0.717, 1.165) is 0 Å². The van der Waals surface area contributed by atoms with Crippen LogP contribution in [0, 0.1) is 0 Å². The number of aliphatic hydroxyl groups excluding tert-OH is 4. The highest BCUT2D eigenvalue weighted by molar-refractivity contribution is 5.86. The molecule has 0 fully saturated rings. The molecule has 88 valence electrons. The van der Waals surface area contributed by atoms with Crippen molar-refractivity contribution in [2.45, 2.75) is 25.2 Å². The van der Waals surface area contributed by atoms with Gasteiger partial charge in [0.05, 0.1) is 6.61 Å². The first-order valence-corrected chi connectivity index (χ1v) is 4.37. The molecule has 0 rings (SSSR count). The van der Waals surface area contributed by atoms with Crippen LogP contribution < -0.4 is 0 Å². The second-order valence-corrected chi connectivity index (χ2v) is 3.19. The third-order valence-corrected chi connectivity index (χ3v) is 1.71.